The van der Waals surface area contributed by atoms with Crippen LogP contribution in [0.1, 0.15) is 44.1 Å². The van der Waals surface area contributed by atoms with Gasteiger partial charge in [-0.2, -0.15) is 0 Å². The van der Waals surface area contributed by atoms with Gasteiger partial charge in [-0.3, -0.25) is 4.79 Å². The fraction of sp³-hybridized carbons (Fsp3) is 0.562. The van der Waals surface area contributed by atoms with E-state index in [0.717, 1.165) is 36.6 Å². The molecular formula is C16H22BrClN2O. The van der Waals surface area contributed by atoms with Crippen molar-refractivity contribution in [1.82, 2.24) is 5.32 Å². The van der Waals surface area contributed by atoms with Crippen LogP contribution in [0.2, 0.25) is 0 Å². The lowest BCUT2D eigenvalue weighted by Crippen LogP contribution is -2.37. The smallest absolute Gasteiger partial charge is 0.221 e. The molecule has 21 heavy (non-hydrogen) atoms. The first kappa shape index (κ1) is 16.8. The van der Waals surface area contributed by atoms with Crippen LogP contribution in [0.15, 0.2) is 28.7 Å². The van der Waals surface area contributed by atoms with Gasteiger partial charge in [0.15, 0.2) is 0 Å². The van der Waals surface area contributed by atoms with Gasteiger partial charge in [-0.1, -0.05) is 34.5 Å². The highest BCUT2D eigenvalue weighted by Crippen LogP contribution is 2.46. The number of hydrogen-bond acceptors (Lipinski definition) is 2. The van der Waals surface area contributed by atoms with Crippen molar-refractivity contribution in [2.24, 2.45) is 11.7 Å². The second-order valence-electron chi connectivity index (χ2n) is 6.20. The van der Waals surface area contributed by atoms with E-state index in [1.54, 1.807) is 0 Å². The standard InChI is InChI=1S/C16H21BrN2O.ClH/c17-13-5-2-4-12(10-13)16(7-8-16)19-15(20)9-11-3-1-6-14(11)18;/h2,4-5,10-11,14H,1,3,6-9,18H2,(H,19,20);1H/t11-,14+;/m0./s1. The molecule has 2 aliphatic carbocycles. The first-order valence-electron chi connectivity index (χ1n) is 7.42. The molecule has 1 aromatic carbocycles. The lowest BCUT2D eigenvalue weighted by molar-refractivity contribution is -0.123. The Morgan fingerprint density at radius 3 is 2.71 bits per heavy atom. The summed E-state index contributed by atoms with van der Waals surface area (Å²) in [5, 5.41) is 3.24. The molecule has 0 spiro atoms. The number of halogens is 2. The zero-order chi connectivity index (χ0) is 14.2. The molecule has 3 nitrogen and oxygen atoms in total. The molecule has 0 unspecified atom stereocenters. The summed E-state index contributed by atoms with van der Waals surface area (Å²) >= 11 is 3.50. The molecule has 2 fully saturated rings. The maximum Gasteiger partial charge on any atom is 0.221 e. The third-order valence-corrected chi connectivity index (χ3v) is 5.16. The van der Waals surface area contributed by atoms with Crippen LogP contribution in [0.3, 0.4) is 0 Å². The largest absolute Gasteiger partial charge is 0.347 e. The number of carbonyl (C=O) groups is 1. The molecule has 1 aromatic rings. The molecule has 0 bridgehead atoms. The third-order valence-electron chi connectivity index (χ3n) is 4.67. The van der Waals surface area contributed by atoms with Gasteiger partial charge >= 0.3 is 0 Å². The van der Waals surface area contributed by atoms with E-state index in [-0.39, 0.29) is 29.9 Å². The number of benzene rings is 1. The fourth-order valence-corrected chi connectivity index (χ4v) is 3.67. The predicted octanol–water partition coefficient (Wildman–Crippen LogP) is 3.49. The van der Waals surface area contributed by atoms with E-state index < -0.39 is 0 Å². The lowest BCUT2D eigenvalue weighted by atomic mass is 9.98. The van der Waals surface area contributed by atoms with Crippen LogP contribution in [-0.4, -0.2) is 11.9 Å². The summed E-state index contributed by atoms with van der Waals surface area (Å²) in [5.41, 5.74) is 7.13. The first-order valence-corrected chi connectivity index (χ1v) is 8.21. The average Bonchev–Trinajstić information content (AvgIpc) is 3.08. The molecule has 1 amide bonds. The Labute approximate surface area is 140 Å². The number of nitrogens with two attached hydrogens (primary N) is 1. The van der Waals surface area contributed by atoms with Crippen LogP contribution in [0.4, 0.5) is 0 Å². The van der Waals surface area contributed by atoms with Gasteiger partial charge < -0.3 is 11.1 Å². The zero-order valence-corrected chi connectivity index (χ0v) is 14.4. The number of carbonyl (C=O) groups excluding carboxylic acids is 1. The molecule has 3 N–H and O–H groups in total. The van der Waals surface area contributed by atoms with Gasteiger partial charge in [-0.05, 0) is 49.3 Å². The molecule has 2 aliphatic rings. The molecule has 2 atom stereocenters. The molecule has 116 valence electrons. The predicted molar refractivity (Wildman–Crippen MR) is 90.4 cm³/mol. The zero-order valence-electron chi connectivity index (χ0n) is 12.0. The van der Waals surface area contributed by atoms with Crippen LogP contribution in [-0.2, 0) is 10.3 Å². The van der Waals surface area contributed by atoms with Crippen molar-refractivity contribution in [2.75, 3.05) is 0 Å². The van der Waals surface area contributed by atoms with Crippen molar-refractivity contribution >= 4 is 34.2 Å². The van der Waals surface area contributed by atoms with E-state index in [9.17, 15) is 4.79 Å². The Hall–Kier alpha value is -0.580. The van der Waals surface area contributed by atoms with Crippen molar-refractivity contribution in [1.29, 1.82) is 0 Å². The summed E-state index contributed by atoms with van der Waals surface area (Å²) in [6.45, 7) is 0. The molecule has 5 heteroatoms. The third kappa shape index (κ3) is 3.79. The van der Waals surface area contributed by atoms with E-state index in [1.165, 1.54) is 5.56 Å². The van der Waals surface area contributed by atoms with Crippen molar-refractivity contribution in [3.8, 4) is 0 Å². The second kappa shape index (κ2) is 6.67. The van der Waals surface area contributed by atoms with Gasteiger partial charge in [0, 0.05) is 16.9 Å². The number of nitrogens with one attached hydrogen (secondary N) is 1. The first-order chi connectivity index (χ1) is 9.59. The highest BCUT2D eigenvalue weighted by molar-refractivity contribution is 9.10. The summed E-state index contributed by atoms with van der Waals surface area (Å²) in [4.78, 5) is 12.3. The van der Waals surface area contributed by atoms with Gasteiger partial charge in [0.25, 0.3) is 0 Å². The monoisotopic (exact) mass is 372 g/mol. The van der Waals surface area contributed by atoms with Gasteiger partial charge in [-0.15, -0.1) is 12.4 Å². The maximum atomic E-state index is 12.3. The van der Waals surface area contributed by atoms with E-state index in [1.807, 2.05) is 12.1 Å². The second-order valence-corrected chi connectivity index (χ2v) is 7.12. The van der Waals surface area contributed by atoms with Crippen LogP contribution in [0.25, 0.3) is 0 Å². The van der Waals surface area contributed by atoms with Crippen LogP contribution in [0.5, 0.6) is 0 Å². The molecule has 0 heterocycles. The maximum absolute atomic E-state index is 12.3. The number of amides is 1. The summed E-state index contributed by atoms with van der Waals surface area (Å²) < 4.78 is 1.06. The minimum Gasteiger partial charge on any atom is -0.347 e. The fourth-order valence-electron chi connectivity index (χ4n) is 3.27. The Morgan fingerprint density at radius 1 is 1.38 bits per heavy atom. The minimum absolute atomic E-state index is 0. The molecule has 0 aliphatic heterocycles. The van der Waals surface area contributed by atoms with E-state index >= 15 is 0 Å². The van der Waals surface area contributed by atoms with Gasteiger partial charge in [-0.25, -0.2) is 0 Å². The van der Waals surface area contributed by atoms with Crippen molar-refractivity contribution in [3.05, 3.63) is 34.3 Å². The van der Waals surface area contributed by atoms with Crippen LogP contribution < -0.4 is 11.1 Å². The van der Waals surface area contributed by atoms with Crippen molar-refractivity contribution < 1.29 is 4.79 Å². The average molecular weight is 374 g/mol. The minimum atomic E-state index is -0.121. The van der Waals surface area contributed by atoms with Crippen LogP contribution >= 0.6 is 28.3 Å². The van der Waals surface area contributed by atoms with Gasteiger partial charge in [0.2, 0.25) is 5.91 Å². The number of hydrogen-bond donors (Lipinski definition) is 2. The normalized spacial score (nSPS) is 26.0. The Balaban J connectivity index is 0.00000161. The van der Waals surface area contributed by atoms with E-state index in [0.29, 0.717) is 12.3 Å². The highest BCUT2D eigenvalue weighted by atomic mass is 79.9. The van der Waals surface area contributed by atoms with E-state index in [4.69, 9.17) is 5.73 Å². The van der Waals surface area contributed by atoms with Gasteiger partial charge in [0.05, 0.1) is 5.54 Å². The van der Waals surface area contributed by atoms with Crippen LogP contribution in [0, 0.1) is 5.92 Å². The molecule has 0 aromatic heterocycles. The topological polar surface area (TPSA) is 55.1 Å². The lowest BCUT2D eigenvalue weighted by Gasteiger charge is -2.21. The Morgan fingerprint density at radius 2 is 2.14 bits per heavy atom. The highest BCUT2D eigenvalue weighted by Gasteiger charge is 2.46. The van der Waals surface area contributed by atoms with Crippen molar-refractivity contribution in [2.45, 2.75) is 50.1 Å². The summed E-state index contributed by atoms with van der Waals surface area (Å²) in [7, 11) is 0. The Bertz CT molecular complexity index is 519. The SMILES string of the molecule is Cl.N[C@@H]1CCC[C@H]1CC(=O)NC1(c2cccc(Br)c2)CC1. The summed E-state index contributed by atoms with van der Waals surface area (Å²) in [6, 6.07) is 8.45. The molecule has 2 saturated carbocycles. The molecule has 3 rings (SSSR count). The quantitative estimate of drug-likeness (QED) is 0.849. The summed E-state index contributed by atoms with van der Waals surface area (Å²) in [5.74, 6) is 0.526. The van der Waals surface area contributed by atoms with E-state index in [2.05, 4.69) is 33.4 Å². The van der Waals surface area contributed by atoms with Gasteiger partial charge in [0.1, 0.15) is 0 Å². The van der Waals surface area contributed by atoms with Crippen molar-refractivity contribution in [3.63, 3.8) is 0 Å². The summed E-state index contributed by atoms with van der Waals surface area (Å²) in [6.07, 6.45) is 5.97. The molecule has 0 saturated heterocycles. The molecular weight excluding hydrogens is 352 g/mol. The number of rotatable bonds is 4. The Kier molecular flexibility index (Phi) is 5.33. The molecule has 0 radical (unpaired) electrons.